The van der Waals surface area contributed by atoms with Crippen LogP contribution in [0.1, 0.15) is 80.0 Å². The predicted molar refractivity (Wildman–Crippen MR) is 205 cm³/mol. The second-order valence-electron chi connectivity index (χ2n) is 13.9. The maximum absolute atomic E-state index is 14.3. The Morgan fingerprint density at radius 2 is 1.49 bits per heavy atom. The molecule has 0 bridgehead atoms. The number of nitrogens with zero attached hydrogens (tertiary/aromatic N) is 2. The summed E-state index contributed by atoms with van der Waals surface area (Å²) in [6.45, 7) is 2.58. The lowest BCUT2D eigenvalue weighted by molar-refractivity contribution is -0.387. The first kappa shape index (κ1) is 39.6. The number of hydrogen-bond acceptors (Lipinski definition) is 7. The van der Waals surface area contributed by atoms with E-state index in [-0.39, 0.29) is 30.2 Å². The second-order valence-corrected chi connectivity index (χ2v) is 16.1. The Hall–Kier alpha value is -4.58. The van der Waals surface area contributed by atoms with Crippen LogP contribution in [0.2, 0.25) is 5.02 Å². The number of aryl methyl sites for hydroxylation is 1. The molecule has 1 amide bonds. The fourth-order valence-electron chi connectivity index (χ4n) is 7.26. The Bertz CT molecular complexity index is 2000. The summed E-state index contributed by atoms with van der Waals surface area (Å²) in [5, 5.41) is 11.7. The second kappa shape index (κ2) is 17.5. The van der Waals surface area contributed by atoms with Gasteiger partial charge in [0.1, 0.15) is 0 Å². The highest BCUT2D eigenvalue weighted by Crippen LogP contribution is 2.48. The predicted octanol–water partition coefficient (Wildman–Crippen LogP) is 8.34. The highest BCUT2D eigenvalue weighted by Gasteiger charge is 2.45. The molecule has 0 aromatic heterocycles. The van der Waals surface area contributed by atoms with Crippen LogP contribution in [0.3, 0.4) is 0 Å². The smallest absolute Gasteiger partial charge is 0.307 e. The van der Waals surface area contributed by atoms with Crippen molar-refractivity contribution in [2.75, 3.05) is 20.1 Å². The summed E-state index contributed by atoms with van der Waals surface area (Å²) in [6.07, 6.45) is 5.35. The monoisotopic (exact) mass is 759 g/mol. The SMILES string of the molecule is Cc1ccc(C(OC(=O)CC2(CC(=O)N(C)CCCCCNS(=O)(=O)c3ccccc3[N+](=O)[O-])CCCC2)(c2ccccc2)c2ccccc2Cl)cc1. The van der Waals surface area contributed by atoms with Gasteiger partial charge in [-0.05, 0) is 50.2 Å². The fourth-order valence-corrected chi connectivity index (χ4v) is 8.78. The number of carbonyl (C=O) groups is 2. The maximum Gasteiger partial charge on any atom is 0.307 e. The zero-order chi connectivity index (χ0) is 38.1. The quantitative estimate of drug-likeness (QED) is 0.0376. The number of nitro groups is 1. The third kappa shape index (κ3) is 9.51. The van der Waals surface area contributed by atoms with Crippen molar-refractivity contribution in [1.82, 2.24) is 9.62 Å². The summed E-state index contributed by atoms with van der Waals surface area (Å²) in [5.74, 6) is -0.467. The molecule has 280 valence electrons. The molecular formula is C41H46ClN3O7S. The number of benzene rings is 4. The first-order valence-electron chi connectivity index (χ1n) is 17.9. The Morgan fingerprint density at radius 3 is 2.17 bits per heavy atom. The zero-order valence-electron chi connectivity index (χ0n) is 30.1. The zero-order valence-corrected chi connectivity index (χ0v) is 31.7. The number of nitro benzene ring substituents is 1. The van der Waals surface area contributed by atoms with E-state index in [2.05, 4.69) is 4.72 Å². The molecule has 1 aliphatic carbocycles. The van der Waals surface area contributed by atoms with Crippen LogP contribution in [0.15, 0.2) is 108 Å². The van der Waals surface area contributed by atoms with E-state index in [4.69, 9.17) is 16.3 Å². The molecule has 12 heteroatoms. The van der Waals surface area contributed by atoms with Gasteiger partial charge >= 0.3 is 5.97 Å². The molecule has 1 unspecified atom stereocenters. The van der Waals surface area contributed by atoms with Gasteiger partial charge in [-0.15, -0.1) is 0 Å². The van der Waals surface area contributed by atoms with Crippen molar-refractivity contribution in [2.45, 2.75) is 75.2 Å². The Morgan fingerprint density at radius 1 is 0.868 bits per heavy atom. The molecule has 1 N–H and O–H groups in total. The average molecular weight is 760 g/mol. The van der Waals surface area contributed by atoms with Gasteiger partial charge in [-0.3, -0.25) is 19.7 Å². The molecule has 1 fully saturated rings. The minimum atomic E-state index is -4.05. The third-order valence-corrected chi connectivity index (χ3v) is 11.9. The number of sulfonamides is 1. The van der Waals surface area contributed by atoms with Gasteiger partial charge in [-0.1, -0.05) is 121 Å². The van der Waals surface area contributed by atoms with Gasteiger partial charge in [0.25, 0.3) is 5.69 Å². The fraction of sp³-hybridized carbons (Fsp3) is 0.366. The molecule has 1 atom stereocenters. The third-order valence-electron chi connectivity index (χ3n) is 10.1. The van der Waals surface area contributed by atoms with Crippen LogP contribution < -0.4 is 4.72 Å². The number of amides is 1. The molecule has 53 heavy (non-hydrogen) atoms. The Labute approximate surface area is 316 Å². The van der Waals surface area contributed by atoms with E-state index in [0.717, 1.165) is 48.4 Å². The molecule has 5 rings (SSSR count). The molecule has 0 saturated heterocycles. The number of hydrogen-bond donors (Lipinski definition) is 1. The topological polar surface area (TPSA) is 136 Å². The molecule has 1 aliphatic rings. The van der Waals surface area contributed by atoms with Crippen LogP contribution >= 0.6 is 11.6 Å². The largest absolute Gasteiger partial charge is 0.444 e. The molecule has 0 radical (unpaired) electrons. The lowest BCUT2D eigenvalue weighted by Gasteiger charge is -2.37. The van der Waals surface area contributed by atoms with Gasteiger partial charge in [-0.25, -0.2) is 13.1 Å². The number of carbonyl (C=O) groups excluding carboxylic acids is 2. The van der Waals surface area contributed by atoms with Crippen molar-refractivity contribution < 1.29 is 27.7 Å². The van der Waals surface area contributed by atoms with Crippen LogP contribution in [-0.4, -0.2) is 50.3 Å². The molecule has 10 nitrogen and oxygen atoms in total. The molecular weight excluding hydrogens is 714 g/mol. The van der Waals surface area contributed by atoms with E-state index in [1.807, 2.05) is 79.7 Å². The summed E-state index contributed by atoms with van der Waals surface area (Å²) in [5.41, 5.74) is 0.893. The van der Waals surface area contributed by atoms with Gasteiger partial charge in [0, 0.05) is 54.3 Å². The summed E-state index contributed by atoms with van der Waals surface area (Å²) >= 11 is 6.86. The van der Waals surface area contributed by atoms with Crippen LogP contribution in [0.5, 0.6) is 0 Å². The normalized spacial score (nSPS) is 15.0. The summed E-state index contributed by atoms with van der Waals surface area (Å²) < 4.78 is 34.5. The minimum Gasteiger partial charge on any atom is -0.444 e. The Kier molecular flexibility index (Phi) is 13.1. The van der Waals surface area contributed by atoms with E-state index in [9.17, 15) is 28.1 Å². The summed E-state index contributed by atoms with van der Waals surface area (Å²) in [4.78, 5) is 39.8. The number of halogens is 1. The van der Waals surface area contributed by atoms with E-state index in [1.165, 1.54) is 18.2 Å². The number of rotatable bonds is 17. The lowest BCUT2D eigenvalue weighted by atomic mass is 9.77. The average Bonchev–Trinajstić information content (AvgIpc) is 3.60. The van der Waals surface area contributed by atoms with Crippen LogP contribution in [-0.2, 0) is 30.0 Å². The lowest BCUT2D eigenvalue weighted by Crippen LogP contribution is -2.38. The van der Waals surface area contributed by atoms with E-state index < -0.39 is 37.6 Å². The van der Waals surface area contributed by atoms with Crippen molar-refractivity contribution in [3.05, 3.63) is 141 Å². The number of ether oxygens (including phenoxy) is 1. The highest BCUT2D eigenvalue weighted by molar-refractivity contribution is 7.89. The van der Waals surface area contributed by atoms with Crippen LogP contribution in [0, 0.1) is 22.5 Å². The van der Waals surface area contributed by atoms with Crippen molar-refractivity contribution in [1.29, 1.82) is 0 Å². The van der Waals surface area contributed by atoms with E-state index in [0.29, 0.717) is 36.4 Å². The van der Waals surface area contributed by atoms with E-state index >= 15 is 0 Å². The first-order valence-corrected chi connectivity index (χ1v) is 19.8. The summed E-state index contributed by atoms with van der Waals surface area (Å²) in [6, 6.07) is 30.1. The highest BCUT2D eigenvalue weighted by atomic mass is 35.5. The standard InChI is InChI=1S/C41H46ClN3O7S/c1-31-21-23-33(24-22-31)41(32-15-5-3-6-16-32,34-17-7-8-18-35(34)42)52-39(47)30-40(25-11-12-26-40)29-38(46)44(2)28-14-4-13-27-43-53(50,51)37-20-10-9-19-36(37)45(48)49/h3,5-10,15-24,43H,4,11-14,25-30H2,1-2H3. The van der Waals surface area contributed by atoms with Crippen molar-refractivity contribution in [3.8, 4) is 0 Å². The summed E-state index contributed by atoms with van der Waals surface area (Å²) in [7, 11) is -2.30. The van der Waals surface area contributed by atoms with Gasteiger partial charge < -0.3 is 9.64 Å². The van der Waals surface area contributed by atoms with Crippen LogP contribution in [0.25, 0.3) is 0 Å². The number of nitrogens with one attached hydrogen (secondary N) is 1. The van der Waals surface area contributed by atoms with Gasteiger partial charge in [-0.2, -0.15) is 0 Å². The van der Waals surface area contributed by atoms with Crippen molar-refractivity contribution in [3.63, 3.8) is 0 Å². The Balaban J connectivity index is 1.23. The molecule has 4 aromatic rings. The first-order chi connectivity index (χ1) is 25.4. The minimum absolute atomic E-state index is 0.0595. The molecule has 1 saturated carbocycles. The van der Waals surface area contributed by atoms with Gasteiger partial charge in [0.05, 0.1) is 11.3 Å². The number of esters is 1. The van der Waals surface area contributed by atoms with Crippen molar-refractivity contribution in [2.24, 2.45) is 5.41 Å². The molecule has 0 spiro atoms. The number of unbranched alkanes of at least 4 members (excludes halogenated alkanes) is 2. The van der Waals surface area contributed by atoms with Gasteiger partial charge in [0.2, 0.25) is 15.9 Å². The number of para-hydroxylation sites is 1. The maximum atomic E-state index is 14.3. The molecule has 0 heterocycles. The van der Waals surface area contributed by atoms with Crippen LogP contribution in [0.4, 0.5) is 5.69 Å². The molecule has 4 aromatic carbocycles. The van der Waals surface area contributed by atoms with Gasteiger partial charge in [0.15, 0.2) is 10.5 Å². The van der Waals surface area contributed by atoms with E-state index in [1.54, 1.807) is 18.0 Å². The molecule has 0 aliphatic heterocycles. The van der Waals surface area contributed by atoms with Crippen molar-refractivity contribution >= 4 is 39.2 Å².